The average molecular weight is 706 g/mol. The first kappa shape index (κ1) is 32.5. The minimum Gasteiger partial charge on any atom is -0.493 e. The number of para-hydroxylation sites is 1. The van der Waals surface area contributed by atoms with Crippen LogP contribution in [-0.4, -0.2) is 15.9 Å². The molecule has 6 aromatic rings. The van der Waals surface area contributed by atoms with Crippen molar-refractivity contribution in [1.29, 1.82) is 0 Å². The Morgan fingerprint density at radius 3 is 2.08 bits per heavy atom. The van der Waals surface area contributed by atoms with E-state index in [-0.39, 0.29) is 17.3 Å². The number of hydrogen-bond donors (Lipinski definition) is 1. The topological polar surface area (TPSA) is 73.1 Å². The van der Waals surface area contributed by atoms with Crippen molar-refractivity contribution in [1.82, 2.24) is 4.57 Å². The molecule has 0 fully saturated rings. The summed E-state index contributed by atoms with van der Waals surface area (Å²) in [7, 11) is 0. The summed E-state index contributed by atoms with van der Waals surface area (Å²) in [5.74, 6) is 1.09. The summed E-state index contributed by atoms with van der Waals surface area (Å²) < 4.78 is 14.0. The van der Waals surface area contributed by atoms with Crippen LogP contribution in [0.3, 0.4) is 0 Å². The van der Waals surface area contributed by atoms with E-state index in [2.05, 4.69) is 4.99 Å². The number of rotatable bonds is 11. The maximum Gasteiger partial charge on any atom is 0.310 e. The molecule has 1 aliphatic heterocycles. The Morgan fingerprint density at radius 2 is 1.37 bits per heavy atom. The molecule has 1 aromatic heterocycles. The molecule has 9 heteroatoms. The normalized spacial score (nSPS) is 12.9. The van der Waals surface area contributed by atoms with E-state index >= 15 is 0 Å². The van der Waals surface area contributed by atoms with Gasteiger partial charge in [-0.05, 0) is 64.6 Å². The van der Waals surface area contributed by atoms with E-state index in [0.717, 1.165) is 56.0 Å². The van der Waals surface area contributed by atoms with Crippen molar-refractivity contribution in [2.24, 2.45) is 4.99 Å². The Kier molecular flexibility index (Phi) is 9.66. The van der Waals surface area contributed by atoms with Gasteiger partial charge in [-0.3, -0.25) is 14.4 Å². The summed E-state index contributed by atoms with van der Waals surface area (Å²) in [6, 6.07) is 38.8. The smallest absolute Gasteiger partial charge is 0.310 e. The number of benzene rings is 5. The van der Waals surface area contributed by atoms with Crippen LogP contribution in [0.2, 0.25) is 10.0 Å². The zero-order valence-corrected chi connectivity index (χ0v) is 28.5. The fourth-order valence-corrected chi connectivity index (χ4v) is 6.94. The zero-order chi connectivity index (χ0) is 33.7. The third-order valence-corrected chi connectivity index (χ3v) is 9.95. The van der Waals surface area contributed by atoms with E-state index in [4.69, 9.17) is 32.7 Å². The molecule has 7 rings (SSSR count). The van der Waals surface area contributed by atoms with Gasteiger partial charge in [-0.25, -0.2) is 0 Å². The Balaban J connectivity index is 1.27. The lowest BCUT2D eigenvalue weighted by molar-refractivity contribution is 0.256. The van der Waals surface area contributed by atoms with E-state index in [1.807, 2.05) is 103 Å². The molecule has 5 aromatic carbocycles. The first-order valence-electron chi connectivity index (χ1n) is 15.6. The molecule has 0 bridgehead atoms. The maximum atomic E-state index is 13.4. The lowest BCUT2D eigenvalue weighted by Gasteiger charge is -2.16. The van der Waals surface area contributed by atoms with E-state index in [0.29, 0.717) is 46.1 Å². The largest absolute Gasteiger partial charge is 0.493 e. The number of aliphatic imine (C=N–C) groups is 1. The monoisotopic (exact) mass is 704 g/mol. The molecule has 1 N–H and O–H groups in total. The number of halogens is 2. The van der Waals surface area contributed by atoms with Gasteiger partial charge in [-0.1, -0.05) is 126 Å². The van der Waals surface area contributed by atoms with Crippen LogP contribution >= 0.6 is 34.5 Å². The average Bonchev–Trinajstić information content (AvgIpc) is 3.68. The van der Waals surface area contributed by atoms with Gasteiger partial charge in [-0.15, -0.1) is 0 Å². The zero-order valence-electron chi connectivity index (χ0n) is 26.2. The molecule has 0 saturated heterocycles. The first-order valence-corrected chi connectivity index (χ1v) is 17.2. The van der Waals surface area contributed by atoms with E-state index in [1.165, 1.54) is 4.57 Å². The van der Waals surface area contributed by atoms with E-state index in [9.17, 15) is 9.90 Å². The van der Waals surface area contributed by atoms with Crippen LogP contribution in [-0.2, 0) is 26.2 Å². The highest BCUT2D eigenvalue weighted by Gasteiger charge is 2.25. The van der Waals surface area contributed by atoms with Crippen LogP contribution in [0.4, 0.5) is 5.69 Å². The summed E-state index contributed by atoms with van der Waals surface area (Å²) in [6.45, 7) is 0.884. The molecular formula is C40H30Cl2N2O4S. The van der Waals surface area contributed by atoms with Gasteiger partial charge in [0.25, 0.3) is 0 Å². The second-order valence-corrected chi connectivity index (χ2v) is 13.3. The third kappa shape index (κ3) is 7.34. The Hall–Kier alpha value is -5.08. The predicted octanol–water partition coefficient (Wildman–Crippen LogP) is 10.00. The summed E-state index contributed by atoms with van der Waals surface area (Å²) >= 11 is 13.4. The van der Waals surface area contributed by atoms with Crippen molar-refractivity contribution in [3.8, 4) is 17.4 Å². The van der Waals surface area contributed by atoms with Crippen LogP contribution in [0.15, 0.2) is 131 Å². The van der Waals surface area contributed by atoms with Crippen LogP contribution in [0.5, 0.6) is 17.4 Å². The minimum atomic E-state index is -0.295. The summed E-state index contributed by atoms with van der Waals surface area (Å²) in [5, 5.41) is 12.4. The second-order valence-electron chi connectivity index (χ2n) is 11.5. The molecule has 49 heavy (non-hydrogen) atoms. The fraction of sp³-hybridized carbons (Fsp3) is 0.100. The number of aromatic hydroxyl groups is 1. The highest BCUT2D eigenvalue weighted by Crippen LogP contribution is 2.42. The van der Waals surface area contributed by atoms with Gasteiger partial charge in [-0.2, -0.15) is 0 Å². The van der Waals surface area contributed by atoms with Crippen molar-refractivity contribution in [3.05, 3.63) is 174 Å². The second kappa shape index (κ2) is 14.6. The number of thiazole rings is 1. The molecule has 0 atom stereocenters. The third-order valence-electron chi connectivity index (χ3n) is 8.18. The number of hydrogen-bond acceptors (Lipinski definition) is 6. The van der Waals surface area contributed by atoms with Gasteiger partial charge in [0.15, 0.2) is 11.5 Å². The highest BCUT2D eigenvalue weighted by molar-refractivity contribution is 7.10. The number of aromatic nitrogens is 1. The molecule has 0 radical (unpaired) electrons. The molecule has 0 spiro atoms. The molecule has 0 amide bonds. The van der Waals surface area contributed by atoms with Crippen LogP contribution in [0, 0.1) is 0 Å². The highest BCUT2D eigenvalue weighted by atomic mass is 35.5. The van der Waals surface area contributed by atoms with Crippen LogP contribution in [0.25, 0.3) is 11.1 Å². The fourth-order valence-electron chi connectivity index (χ4n) is 5.68. The van der Waals surface area contributed by atoms with Gasteiger partial charge >= 0.3 is 4.87 Å². The summed E-state index contributed by atoms with van der Waals surface area (Å²) in [5.41, 5.74) is 7.09. The standard InChI is InChI=1S/C40H30Cl2N2O4S/c41-33-17-15-29(20-34(33)42)23-44-39(45)38(49-40(44)46)31(32-22-43-35-14-8-7-13-30(32)35)19-28-16-18-36(47-24-26-9-3-1-4-10-26)37(21-28)48-25-27-11-5-2-6-12-27/h1-18,20-22,45H,19,23-25H2. The molecule has 2 heterocycles. The lowest BCUT2D eigenvalue weighted by atomic mass is 9.94. The van der Waals surface area contributed by atoms with E-state index in [1.54, 1.807) is 24.4 Å². The minimum absolute atomic E-state index is 0.121. The molecular weight excluding hydrogens is 675 g/mol. The van der Waals surface area contributed by atoms with Crippen LogP contribution < -0.4 is 14.3 Å². The van der Waals surface area contributed by atoms with Crippen LogP contribution in [0.1, 0.15) is 32.7 Å². The quantitative estimate of drug-likeness (QED) is 0.146. The van der Waals surface area contributed by atoms with Gasteiger partial charge in [0.2, 0.25) is 5.88 Å². The molecule has 1 aliphatic rings. The van der Waals surface area contributed by atoms with Crippen molar-refractivity contribution < 1.29 is 14.6 Å². The van der Waals surface area contributed by atoms with Crippen molar-refractivity contribution in [2.75, 3.05) is 0 Å². The molecule has 244 valence electrons. The first-order chi connectivity index (χ1) is 23.9. The van der Waals surface area contributed by atoms with Crippen molar-refractivity contribution >= 4 is 57.6 Å². The number of ether oxygens (including phenoxy) is 2. The number of allylic oxidation sites excluding steroid dienone is 2. The van der Waals surface area contributed by atoms with Crippen molar-refractivity contribution in [2.45, 2.75) is 26.2 Å². The van der Waals surface area contributed by atoms with Gasteiger partial charge in [0.05, 0.1) is 27.2 Å². The lowest BCUT2D eigenvalue weighted by Crippen LogP contribution is -2.13. The molecule has 6 nitrogen and oxygen atoms in total. The van der Waals surface area contributed by atoms with Gasteiger partial charge in [0.1, 0.15) is 13.2 Å². The Labute approximate surface area is 297 Å². The van der Waals surface area contributed by atoms with Gasteiger partial charge < -0.3 is 14.6 Å². The van der Waals surface area contributed by atoms with Crippen molar-refractivity contribution in [3.63, 3.8) is 0 Å². The van der Waals surface area contributed by atoms with E-state index < -0.39 is 0 Å². The summed E-state index contributed by atoms with van der Waals surface area (Å²) in [6.07, 6.45) is 2.19. The maximum absolute atomic E-state index is 13.4. The Morgan fingerprint density at radius 1 is 0.714 bits per heavy atom. The number of nitrogens with zero attached hydrogens (tertiary/aromatic N) is 2. The SMILES string of the molecule is O=c1sc(C(Cc2ccc(OCc3ccccc3)c(OCc3ccccc3)c2)=C2C=Nc3ccccc32)c(O)n1Cc1ccc(Cl)c(Cl)c1. The Bertz CT molecular complexity index is 2240. The summed E-state index contributed by atoms with van der Waals surface area (Å²) in [4.78, 5) is 18.2. The molecule has 0 aliphatic carbocycles. The molecule has 0 unspecified atom stereocenters. The molecule has 0 saturated carbocycles. The number of fused-ring (bicyclic) bond motifs is 1. The predicted molar refractivity (Wildman–Crippen MR) is 199 cm³/mol. The van der Waals surface area contributed by atoms with Gasteiger partial charge in [0, 0.05) is 17.4 Å².